The number of aromatic nitrogens is 2. The summed E-state index contributed by atoms with van der Waals surface area (Å²) in [5, 5.41) is 9.67. The molecule has 1 aromatic heterocycles. The largest absolute Gasteiger partial charge is 0.481 e. The minimum atomic E-state index is -0.812. The van der Waals surface area contributed by atoms with E-state index in [9.17, 15) is 4.79 Å². The van der Waals surface area contributed by atoms with E-state index in [1.807, 2.05) is 24.4 Å². The van der Waals surface area contributed by atoms with Crippen molar-refractivity contribution in [3.63, 3.8) is 0 Å². The molecule has 3 rings (SSSR count). The zero-order valence-corrected chi connectivity index (χ0v) is 12.8. The predicted octanol–water partition coefficient (Wildman–Crippen LogP) is 3.53. The number of hydrogen-bond acceptors (Lipinski definition) is 3. The summed E-state index contributed by atoms with van der Waals surface area (Å²) in [6.07, 6.45) is 4.30. The van der Waals surface area contributed by atoms with Gasteiger partial charge >= 0.3 is 5.97 Å². The van der Waals surface area contributed by atoms with Gasteiger partial charge in [-0.15, -0.1) is 0 Å². The SMILES string of the molecule is CC1(Cn2c(-c3ccccc3)cnc2SCC(=O)O)CC1. The molecule has 1 aliphatic carbocycles. The molecule has 1 saturated carbocycles. The fraction of sp³-hybridized carbons (Fsp3) is 0.375. The summed E-state index contributed by atoms with van der Waals surface area (Å²) in [5.74, 6) is -0.768. The highest BCUT2D eigenvalue weighted by molar-refractivity contribution is 7.99. The average molecular weight is 302 g/mol. The van der Waals surface area contributed by atoms with Gasteiger partial charge in [-0.1, -0.05) is 49.0 Å². The van der Waals surface area contributed by atoms with E-state index in [-0.39, 0.29) is 5.75 Å². The van der Waals surface area contributed by atoms with Crippen molar-refractivity contribution in [1.82, 2.24) is 9.55 Å². The van der Waals surface area contributed by atoms with Crippen molar-refractivity contribution in [2.45, 2.75) is 31.5 Å². The minimum Gasteiger partial charge on any atom is -0.481 e. The molecule has 0 aliphatic heterocycles. The third-order valence-corrected chi connectivity index (χ3v) is 4.83. The second kappa shape index (κ2) is 5.56. The average Bonchev–Trinajstić information content (AvgIpc) is 3.07. The van der Waals surface area contributed by atoms with E-state index in [1.54, 1.807) is 0 Å². The molecule has 1 aromatic carbocycles. The summed E-state index contributed by atoms with van der Waals surface area (Å²) in [6, 6.07) is 10.1. The molecule has 0 spiro atoms. The van der Waals surface area contributed by atoms with Gasteiger partial charge in [0, 0.05) is 6.54 Å². The van der Waals surface area contributed by atoms with Crippen molar-refractivity contribution in [3.05, 3.63) is 36.5 Å². The van der Waals surface area contributed by atoms with Crippen LogP contribution in [-0.2, 0) is 11.3 Å². The van der Waals surface area contributed by atoms with Crippen LogP contribution in [0, 0.1) is 5.41 Å². The van der Waals surface area contributed by atoms with Crippen molar-refractivity contribution in [2.75, 3.05) is 5.75 Å². The Labute approximate surface area is 128 Å². The molecule has 0 radical (unpaired) electrons. The van der Waals surface area contributed by atoms with Crippen LogP contribution in [0.15, 0.2) is 41.7 Å². The number of rotatable bonds is 6. The van der Waals surface area contributed by atoms with Gasteiger partial charge in [0.25, 0.3) is 0 Å². The van der Waals surface area contributed by atoms with Crippen molar-refractivity contribution < 1.29 is 9.90 Å². The molecule has 0 saturated heterocycles. The van der Waals surface area contributed by atoms with Crippen LogP contribution in [0.25, 0.3) is 11.3 Å². The van der Waals surface area contributed by atoms with Crippen LogP contribution in [0.3, 0.4) is 0 Å². The summed E-state index contributed by atoms with van der Waals surface area (Å²) in [4.78, 5) is 15.2. The summed E-state index contributed by atoms with van der Waals surface area (Å²) in [5.41, 5.74) is 2.52. The molecule has 110 valence electrons. The lowest BCUT2D eigenvalue weighted by Gasteiger charge is -2.15. The third kappa shape index (κ3) is 3.29. The molecule has 1 aliphatic rings. The van der Waals surface area contributed by atoms with Gasteiger partial charge in [0.05, 0.1) is 17.6 Å². The number of nitrogens with zero attached hydrogens (tertiary/aromatic N) is 2. The number of carboxylic acid groups (broad SMARTS) is 1. The van der Waals surface area contributed by atoms with Crippen LogP contribution >= 0.6 is 11.8 Å². The Bertz CT molecular complexity index is 648. The number of thioether (sulfide) groups is 1. The Morgan fingerprint density at radius 1 is 1.38 bits per heavy atom. The third-order valence-electron chi connectivity index (χ3n) is 3.86. The van der Waals surface area contributed by atoms with Crippen LogP contribution < -0.4 is 0 Å². The zero-order chi connectivity index (χ0) is 14.9. The number of hydrogen-bond donors (Lipinski definition) is 1. The van der Waals surface area contributed by atoms with Gasteiger partial charge in [-0.05, 0) is 23.8 Å². The molecule has 5 heteroatoms. The smallest absolute Gasteiger partial charge is 0.313 e. The molecule has 4 nitrogen and oxygen atoms in total. The maximum Gasteiger partial charge on any atom is 0.313 e. The Morgan fingerprint density at radius 2 is 2.10 bits per heavy atom. The van der Waals surface area contributed by atoms with Crippen LogP contribution in [0.5, 0.6) is 0 Å². The van der Waals surface area contributed by atoms with E-state index in [0.29, 0.717) is 5.41 Å². The lowest BCUT2D eigenvalue weighted by Crippen LogP contribution is -2.11. The lowest BCUT2D eigenvalue weighted by atomic mass is 10.1. The number of carbonyl (C=O) groups is 1. The number of aliphatic carboxylic acids is 1. The first-order valence-corrected chi connectivity index (χ1v) is 8.01. The maximum absolute atomic E-state index is 10.8. The zero-order valence-electron chi connectivity index (χ0n) is 12.0. The molecule has 1 heterocycles. The highest BCUT2D eigenvalue weighted by Gasteiger charge is 2.38. The molecule has 1 fully saturated rings. The van der Waals surface area contributed by atoms with Crippen molar-refractivity contribution in [1.29, 1.82) is 0 Å². The Morgan fingerprint density at radius 3 is 2.71 bits per heavy atom. The molecule has 0 bridgehead atoms. The van der Waals surface area contributed by atoms with Gasteiger partial charge < -0.3 is 9.67 Å². The molecule has 1 N–H and O–H groups in total. The van der Waals surface area contributed by atoms with Gasteiger partial charge in [-0.25, -0.2) is 4.98 Å². The van der Waals surface area contributed by atoms with Crippen molar-refractivity contribution in [3.8, 4) is 11.3 Å². The maximum atomic E-state index is 10.8. The van der Waals surface area contributed by atoms with Crippen LogP contribution in [0.4, 0.5) is 0 Å². The van der Waals surface area contributed by atoms with E-state index >= 15 is 0 Å². The second-order valence-electron chi connectivity index (χ2n) is 5.87. The first-order chi connectivity index (χ1) is 10.1. The Hall–Kier alpha value is -1.75. The molecule has 0 unspecified atom stereocenters. The fourth-order valence-corrected chi connectivity index (χ4v) is 3.04. The monoisotopic (exact) mass is 302 g/mol. The Kier molecular flexibility index (Phi) is 3.76. The first-order valence-electron chi connectivity index (χ1n) is 7.03. The highest BCUT2D eigenvalue weighted by Crippen LogP contribution is 2.47. The van der Waals surface area contributed by atoms with Gasteiger partial charge in [0.2, 0.25) is 0 Å². The van der Waals surface area contributed by atoms with E-state index in [2.05, 4.69) is 28.6 Å². The topological polar surface area (TPSA) is 55.1 Å². The molecular weight excluding hydrogens is 284 g/mol. The van der Waals surface area contributed by atoms with Gasteiger partial charge in [0.15, 0.2) is 5.16 Å². The molecule has 0 amide bonds. The van der Waals surface area contributed by atoms with Crippen LogP contribution in [0.1, 0.15) is 19.8 Å². The number of benzene rings is 1. The summed E-state index contributed by atoms with van der Waals surface area (Å²) >= 11 is 1.29. The lowest BCUT2D eigenvalue weighted by molar-refractivity contribution is -0.133. The molecule has 2 aromatic rings. The van der Waals surface area contributed by atoms with Crippen molar-refractivity contribution >= 4 is 17.7 Å². The predicted molar refractivity (Wildman–Crippen MR) is 83.4 cm³/mol. The van der Waals surface area contributed by atoms with Crippen LogP contribution in [0.2, 0.25) is 0 Å². The van der Waals surface area contributed by atoms with Gasteiger partial charge in [-0.2, -0.15) is 0 Å². The van der Waals surface area contributed by atoms with E-state index in [0.717, 1.165) is 23.0 Å². The standard InChI is InChI=1S/C16H18N2O2S/c1-16(7-8-16)11-18-13(12-5-3-2-4-6-12)9-17-15(18)21-10-14(19)20/h2-6,9H,7-8,10-11H2,1H3,(H,19,20). The first kappa shape index (κ1) is 14.2. The molecule has 0 atom stereocenters. The summed E-state index contributed by atoms with van der Waals surface area (Å²) in [6.45, 7) is 3.17. The van der Waals surface area contributed by atoms with E-state index in [4.69, 9.17) is 5.11 Å². The van der Waals surface area contributed by atoms with Crippen molar-refractivity contribution in [2.24, 2.45) is 5.41 Å². The van der Waals surface area contributed by atoms with Gasteiger partial charge in [0.1, 0.15) is 0 Å². The highest BCUT2D eigenvalue weighted by atomic mass is 32.2. The number of carboxylic acids is 1. The minimum absolute atomic E-state index is 0.0436. The molecular formula is C16H18N2O2S. The van der Waals surface area contributed by atoms with E-state index < -0.39 is 5.97 Å². The number of imidazole rings is 1. The Balaban J connectivity index is 1.93. The summed E-state index contributed by atoms with van der Waals surface area (Å²) in [7, 11) is 0. The van der Waals surface area contributed by atoms with Crippen LogP contribution in [-0.4, -0.2) is 26.4 Å². The fourth-order valence-electron chi connectivity index (χ4n) is 2.35. The van der Waals surface area contributed by atoms with E-state index in [1.165, 1.54) is 24.6 Å². The summed E-state index contributed by atoms with van der Waals surface area (Å²) < 4.78 is 2.18. The molecule has 21 heavy (non-hydrogen) atoms. The normalized spacial score (nSPS) is 15.9. The quantitative estimate of drug-likeness (QED) is 0.829. The second-order valence-corrected chi connectivity index (χ2v) is 6.81. The van der Waals surface area contributed by atoms with Gasteiger partial charge in [-0.3, -0.25) is 4.79 Å².